The van der Waals surface area contributed by atoms with Crippen molar-refractivity contribution in [2.45, 2.75) is 32.7 Å². The summed E-state index contributed by atoms with van der Waals surface area (Å²) in [5, 5.41) is 2.99. The fraction of sp³-hybridized carbons (Fsp3) is 0.643. The van der Waals surface area contributed by atoms with Crippen LogP contribution in [0, 0.1) is 11.7 Å². The lowest BCUT2D eigenvalue weighted by atomic mass is 10.0. The number of pyridine rings is 1. The molecule has 1 atom stereocenters. The maximum atomic E-state index is 14.3. The summed E-state index contributed by atoms with van der Waals surface area (Å²) < 4.78 is 14.3. The molecule has 2 heterocycles. The van der Waals surface area contributed by atoms with Crippen molar-refractivity contribution >= 4 is 5.82 Å². The van der Waals surface area contributed by atoms with Crippen molar-refractivity contribution in [2.24, 2.45) is 5.92 Å². The number of rotatable bonds is 3. The maximum Gasteiger partial charge on any atom is 0.170 e. The van der Waals surface area contributed by atoms with Crippen molar-refractivity contribution in [1.29, 1.82) is 0 Å². The van der Waals surface area contributed by atoms with Gasteiger partial charge in [0, 0.05) is 31.4 Å². The van der Waals surface area contributed by atoms with Gasteiger partial charge in [-0.3, -0.25) is 0 Å². The molecule has 1 saturated heterocycles. The van der Waals surface area contributed by atoms with E-state index in [1.54, 1.807) is 12.3 Å². The monoisotopic (exact) mass is 251 g/mol. The van der Waals surface area contributed by atoms with Crippen LogP contribution in [-0.2, 0) is 6.54 Å². The molecule has 0 radical (unpaired) electrons. The van der Waals surface area contributed by atoms with Gasteiger partial charge in [0.25, 0.3) is 0 Å². The van der Waals surface area contributed by atoms with Crippen LogP contribution in [0.3, 0.4) is 0 Å². The highest BCUT2D eigenvalue weighted by Crippen LogP contribution is 2.24. The molecule has 2 rings (SSSR count). The molecule has 0 spiro atoms. The van der Waals surface area contributed by atoms with E-state index in [0.717, 1.165) is 31.8 Å². The molecule has 1 unspecified atom stereocenters. The third kappa shape index (κ3) is 2.99. The van der Waals surface area contributed by atoms with Crippen LogP contribution in [0.1, 0.15) is 31.7 Å². The topological polar surface area (TPSA) is 28.2 Å². The number of hydrogen-bond donors (Lipinski definition) is 1. The predicted octanol–water partition coefficient (Wildman–Crippen LogP) is 2.57. The first-order valence-corrected chi connectivity index (χ1v) is 6.75. The Labute approximate surface area is 108 Å². The minimum atomic E-state index is -0.165. The van der Waals surface area contributed by atoms with Crippen LogP contribution < -0.4 is 10.2 Å². The highest BCUT2D eigenvalue weighted by molar-refractivity contribution is 5.43. The Morgan fingerprint density at radius 3 is 3.06 bits per heavy atom. The van der Waals surface area contributed by atoms with E-state index in [-0.39, 0.29) is 5.82 Å². The summed E-state index contributed by atoms with van der Waals surface area (Å²) in [4.78, 5) is 6.33. The number of aromatic nitrogens is 1. The van der Waals surface area contributed by atoms with Crippen molar-refractivity contribution in [3.8, 4) is 0 Å². The van der Waals surface area contributed by atoms with Gasteiger partial charge in [0.2, 0.25) is 0 Å². The number of hydrogen-bond acceptors (Lipinski definition) is 3. The van der Waals surface area contributed by atoms with Gasteiger partial charge >= 0.3 is 0 Å². The van der Waals surface area contributed by atoms with Gasteiger partial charge in [-0.2, -0.15) is 0 Å². The smallest absolute Gasteiger partial charge is 0.170 e. The van der Waals surface area contributed by atoms with Gasteiger partial charge < -0.3 is 10.2 Å². The van der Waals surface area contributed by atoms with E-state index < -0.39 is 0 Å². The van der Waals surface area contributed by atoms with Crippen molar-refractivity contribution < 1.29 is 4.39 Å². The molecular formula is C14H22FN3. The first kappa shape index (κ1) is 13.3. The van der Waals surface area contributed by atoms with Gasteiger partial charge in [0.05, 0.1) is 0 Å². The van der Waals surface area contributed by atoms with Crippen molar-refractivity contribution in [2.75, 3.05) is 25.0 Å². The van der Waals surface area contributed by atoms with Crippen LogP contribution in [-0.4, -0.2) is 25.1 Å². The highest BCUT2D eigenvalue weighted by atomic mass is 19.1. The Hall–Kier alpha value is -1.16. The lowest BCUT2D eigenvalue weighted by Crippen LogP contribution is -2.27. The average Bonchev–Trinajstić information content (AvgIpc) is 2.57. The van der Waals surface area contributed by atoms with E-state index in [1.165, 1.54) is 6.42 Å². The molecule has 4 heteroatoms. The van der Waals surface area contributed by atoms with Gasteiger partial charge in [-0.05, 0) is 38.3 Å². The fourth-order valence-corrected chi connectivity index (χ4v) is 2.49. The van der Waals surface area contributed by atoms with E-state index >= 15 is 0 Å². The van der Waals surface area contributed by atoms with E-state index in [2.05, 4.69) is 22.1 Å². The quantitative estimate of drug-likeness (QED) is 0.895. The molecule has 100 valence electrons. The Morgan fingerprint density at radius 2 is 2.28 bits per heavy atom. The second-order valence-electron chi connectivity index (χ2n) is 5.16. The van der Waals surface area contributed by atoms with Crippen molar-refractivity contribution in [3.63, 3.8) is 0 Å². The summed E-state index contributed by atoms with van der Waals surface area (Å²) in [6.07, 6.45) is 5.18. The summed E-state index contributed by atoms with van der Waals surface area (Å²) in [5.41, 5.74) is 0.694. The minimum absolute atomic E-state index is 0.165. The molecule has 1 aromatic heterocycles. The zero-order valence-electron chi connectivity index (χ0n) is 11.2. The molecule has 1 aromatic rings. The Morgan fingerprint density at radius 1 is 1.44 bits per heavy atom. The van der Waals surface area contributed by atoms with Crippen LogP contribution in [0.25, 0.3) is 0 Å². The summed E-state index contributed by atoms with van der Waals surface area (Å²) in [7, 11) is 1.83. The summed E-state index contributed by atoms with van der Waals surface area (Å²) in [6.45, 7) is 4.64. The molecule has 0 aromatic carbocycles. The average molecular weight is 251 g/mol. The molecule has 0 amide bonds. The molecule has 1 aliphatic rings. The van der Waals surface area contributed by atoms with Gasteiger partial charge in [-0.15, -0.1) is 0 Å². The fourth-order valence-electron chi connectivity index (χ4n) is 2.49. The van der Waals surface area contributed by atoms with Gasteiger partial charge in [-0.25, -0.2) is 9.37 Å². The number of nitrogens with one attached hydrogen (secondary N) is 1. The van der Waals surface area contributed by atoms with Gasteiger partial charge in [0.15, 0.2) is 11.6 Å². The number of anilines is 1. The lowest BCUT2D eigenvalue weighted by molar-refractivity contribution is 0.520. The van der Waals surface area contributed by atoms with Crippen molar-refractivity contribution in [1.82, 2.24) is 10.3 Å². The summed E-state index contributed by atoms with van der Waals surface area (Å²) >= 11 is 0. The molecular weight excluding hydrogens is 229 g/mol. The summed E-state index contributed by atoms with van der Waals surface area (Å²) in [5.74, 6) is 1.09. The first-order valence-electron chi connectivity index (χ1n) is 6.75. The van der Waals surface area contributed by atoms with Crippen LogP contribution in [0.15, 0.2) is 12.3 Å². The van der Waals surface area contributed by atoms with Crippen LogP contribution in [0.4, 0.5) is 10.2 Å². The first-order chi connectivity index (χ1) is 8.72. The molecule has 0 bridgehead atoms. The second kappa shape index (κ2) is 6.14. The zero-order chi connectivity index (χ0) is 13.0. The molecule has 0 saturated carbocycles. The third-order valence-corrected chi connectivity index (χ3v) is 3.63. The molecule has 0 aliphatic carbocycles. The van der Waals surface area contributed by atoms with Crippen LogP contribution >= 0.6 is 0 Å². The molecule has 1 N–H and O–H groups in total. The van der Waals surface area contributed by atoms with Gasteiger partial charge in [0.1, 0.15) is 0 Å². The molecule has 3 nitrogen and oxygen atoms in total. The number of halogens is 1. The van der Waals surface area contributed by atoms with E-state index in [0.29, 0.717) is 17.9 Å². The van der Waals surface area contributed by atoms with Crippen LogP contribution in [0.5, 0.6) is 0 Å². The Balaban J connectivity index is 2.19. The Bertz CT molecular complexity index is 395. The maximum absolute atomic E-state index is 14.3. The lowest BCUT2D eigenvalue weighted by Gasteiger charge is -2.22. The molecule has 18 heavy (non-hydrogen) atoms. The predicted molar refractivity (Wildman–Crippen MR) is 72.2 cm³/mol. The molecule has 1 aliphatic heterocycles. The SMILES string of the molecule is CNCc1ccnc(N2CCCC(C)CC2)c1F. The Kier molecular flexibility index (Phi) is 4.53. The van der Waals surface area contributed by atoms with Crippen LogP contribution in [0.2, 0.25) is 0 Å². The highest BCUT2D eigenvalue weighted by Gasteiger charge is 2.19. The zero-order valence-corrected chi connectivity index (χ0v) is 11.2. The number of nitrogens with zero attached hydrogens (tertiary/aromatic N) is 2. The standard InChI is InChI=1S/C14H22FN3/c1-11-4-3-8-18(9-6-11)14-13(15)12(10-16-2)5-7-17-14/h5,7,11,16H,3-4,6,8-10H2,1-2H3. The molecule has 1 fully saturated rings. The van der Waals surface area contributed by atoms with Crippen molar-refractivity contribution in [3.05, 3.63) is 23.6 Å². The summed E-state index contributed by atoms with van der Waals surface area (Å²) in [6, 6.07) is 1.75. The van der Waals surface area contributed by atoms with E-state index in [1.807, 2.05) is 7.05 Å². The van der Waals surface area contributed by atoms with E-state index in [9.17, 15) is 4.39 Å². The van der Waals surface area contributed by atoms with Gasteiger partial charge in [-0.1, -0.05) is 6.92 Å². The third-order valence-electron chi connectivity index (χ3n) is 3.63. The van der Waals surface area contributed by atoms with E-state index in [4.69, 9.17) is 0 Å². The minimum Gasteiger partial charge on any atom is -0.354 e. The second-order valence-corrected chi connectivity index (χ2v) is 5.16. The normalized spacial score (nSPS) is 20.8. The largest absolute Gasteiger partial charge is 0.354 e.